The van der Waals surface area contributed by atoms with Crippen LogP contribution in [0.2, 0.25) is 5.02 Å². The second-order valence-electron chi connectivity index (χ2n) is 6.71. The third-order valence-electron chi connectivity index (χ3n) is 4.59. The Hall–Kier alpha value is -2.18. The molecule has 7 heteroatoms. The molecule has 1 heterocycles. The van der Waals surface area contributed by atoms with Gasteiger partial charge in [0.2, 0.25) is 5.89 Å². The average Bonchev–Trinajstić information content (AvgIpc) is 3.21. The van der Waals surface area contributed by atoms with Crippen molar-refractivity contribution in [3.05, 3.63) is 64.4 Å². The maximum absolute atomic E-state index is 14.6. The lowest BCUT2D eigenvalue weighted by Gasteiger charge is -2.16. The van der Waals surface area contributed by atoms with E-state index in [-0.39, 0.29) is 10.3 Å². The van der Waals surface area contributed by atoms with Gasteiger partial charge >= 0.3 is 0 Å². The fraction of sp³-hybridized carbons (Fsp3) is 0.318. The standard InChI is InChI=1S/C22H22ClFN2O2S/c1-2-3-4-5-9-19(17-7-6-8-18(23)20(17)24)29-22-26-25-21(28-22)16-12-10-15(14-27)11-13-16/h6-8,10-14,19H,2-5,9H2,1H3. The molecular formula is C22H22ClFN2O2S. The van der Waals surface area contributed by atoms with Gasteiger partial charge in [-0.2, -0.15) is 0 Å². The zero-order valence-electron chi connectivity index (χ0n) is 16.1. The summed E-state index contributed by atoms with van der Waals surface area (Å²) in [5, 5.41) is 8.53. The maximum Gasteiger partial charge on any atom is 0.277 e. The molecule has 0 aliphatic carbocycles. The second kappa shape index (κ2) is 10.6. The van der Waals surface area contributed by atoms with Gasteiger partial charge < -0.3 is 4.42 Å². The van der Waals surface area contributed by atoms with Gasteiger partial charge in [-0.15, -0.1) is 10.2 Å². The molecule has 152 valence electrons. The van der Waals surface area contributed by atoms with Gasteiger partial charge in [-0.05, 0) is 24.6 Å². The molecule has 0 spiro atoms. The number of benzene rings is 2. The van der Waals surface area contributed by atoms with Crippen LogP contribution in [0.3, 0.4) is 0 Å². The van der Waals surface area contributed by atoms with Crippen molar-refractivity contribution in [1.29, 1.82) is 0 Å². The monoisotopic (exact) mass is 432 g/mol. The van der Waals surface area contributed by atoms with Crippen LogP contribution in [0.25, 0.3) is 11.5 Å². The zero-order valence-corrected chi connectivity index (χ0v) is 17.7. The minimum absolute atomic E-state index is 0.114. The Morgan fingerprint density at radius 3 is 2.66 bits per heavy atom. The molecule has 0 saturated heterocycles. The number of thioether (sulfide) groups is 1. The molecule has 3 rings (SSSR count). The fourth-order valence-electron chi connectivity index (χ4n) is 3.00. The molecule has 2 aromatic carbocycles. The fourth-order valence-corrected chi connectivity index (χ4v) is 4.24. The summed E-state index contributed by atoms with van der Waals surface area (Å²) in [4.78, 5) is 10.8. The van der Waals surface area contributed by atoms with Gasteiger partial charge in [0.1, 0.15) is 12.1 Å². The maximum atomic E-state index is 14.6. The van der Waals surface area contributed by atoms with Gasteiger partial charge in [-0.1, -0.05) is 80.2 Å². The first kappa shape index (κ1) is 21.5. The number of carbonyl (C=O) groups is 1. The van der Waals surface area contributed by atoms with E-state index in [0.717, 1.165) is 44.0 Å². The van der Waals surface area contributed by atoms with Crippen molar-refractivity contribution in [2.45, 2.75) is 49.5 Å². The predicted octanol–water partition coefficient (Wildman–Crippen LogP) is 7.15. The number of hydrogen-bond donors (Lipinski definition) is 0. The Bertz CT molecular complexity index is 946. The highest BCUT2D eigenvalue weighted by Crippen LogP contribution is 2.41. The molecule has 0 amide bonds. The molecule has 0 aliphatic heterocycles. The SMILES string of the molecule is CCCCCCC(Sc1nnc(-c2ccc(C=O)cc2)o1)c1cccc(Cl)c1F. The smallest absolute Gasteiger partial charge is 0.277 e. The molecule has 0 N–H and O–H groups in total. The summed E-state index contributed by atoms with van der Waals surface area (Å²) in [5.74, 6) is -0.0346. The third-order valence-corrected chi connectivity index (χ3v) is 6.02. The Balaban J connectivity index is 1.79. The van der Waals surface area contributed by atoms with E-state index >= 15 is 0 Å². The molecule has 0 saturated carbocycles. The van der Waals surface area contributed by atoms with E-state index in [9.17, 15) is 9.18 Å². The Morgan fingerprint density at radius 2 is 1.93 bits per heavy atom. The summed E-state index contributed by atoms with van der Waals surface area (Å²) in [6, 6.07) is 12.0. The molecular weight excluding hydrogens is 411 g/mol. The van der Waals surface area contributed by atoms with Crippen LogP contribution in [0.5, 0.6) is 0 Å². The van der Waals surface area contributed by atoms with Crippen molar-refractivity contribution in [3.8, 4) is 11.5 Å². The number of hydrogen-bond acceptors (Lipinski definition) is 5. The van der Waals surface area contributed by atoms with E-state index in [1.54, 1.807) is 42.5 Å². The van der Waals surface area contributed by atoms with Crippen LogP contribution in [-0.4, -0.2) is 16.5 Å². The van der Waals surface area contributed by atoms with Crippen LogP contribution in [0.4, 0.5) is 4.39 Å². The minimum Gasteiger partial charge on any atom is -0.411 e. The first-order chi connectivity index (χ1) is 14.1. The van der Waals surface area contributed by atoms with E-state index < -0.39 is 5.82 Å². The lowest BCUT2D eigenvalue weighted by Crippen LogP contribution is -1.99. The van der Waals surface area contributed by atoms with E-state index in [0.29, 0.717) is 22.2 Å². The van der Waals surface area contributed by atoms with E-state index in [1.807, 2.05) is 0 Å². The van der Waals surface area contributed by atoms with Crippen LogP contribution in [0.15, 0.2) is 52.1 Å². The molecule has 0 radical (unpaired) electrons. The van der Waals surface area contributed by atoms with Crippen LogP contribution in [0, 0.1) is 5.82 Å². The van der Waals surface area contributed by atoms with Crippen molar-refractivity contribution in [3.63, 3.8) is 0 Å². The first-order valence-electron chi connectivity index (χ1n) is 9.62. The summed E-state index contributed by atoms with van der Waals surface area (Å²) in [7, 11) is 0. The average molecular weight is 433 g/mol. The number of aldehydes is 1. The Kier molecular flexibility index (Phi) is 7.83. The summed E-state index contributed by atoms with van der Waals surface area (Å²) in [6.45, 7) is 2.16. The van der Waals surface area contributed by atoms with E-state index in [2.05, 4.69) is 17.1 Å². The summed E-state index contributed by atoms with van der Waals surface area (Å²) in [6.07, 6.45) is 5.92. The van der Waals surface area contributed by atoms with Crippen molar-refractivity contribution in [1.82, 2.24) is 10.2 Å². The molecule has 1 unspecified atom stereocenters. The van der Waals surface area contributed by atoms with Crippen molar-refractivity contribution < 1.29 is 13.6 Å². The molecule has 1 atom stereocenters. The number of aromatic nitrogens is 2. The predicted molar refractivity (Wildman–Crippen MR) is 114 cm³/mol. The molecule has 4 nitrogen and oxygen atoms in total. The van der Waals surface area contributed by atoms with Gasteiger partial charge in [-0.3, -0.25) is 4.79 Å². The van der Waals surface area contributed by atoms with Gasteiger partial charge in [0.05, 0.1) is 5.02 Å². The highest BCUT2D eigenvalue weighted by molar-refractivity contribution is 7.99. The van der Waals surface area contributed by atoms with E-state index in [1.165, 1.54) is 11.8 Å². The van der Waals surface area contributed by atoms with Crippen molar-refractivity contribution in [2.75, 3.05) is 0 Å². The molecule has 0 bridgehead atoms. The number of nitrogens with zero attached hydrogens (tertiary/aromatic N) is 2. The van der Waals surface area contributed by atoms with Crippen molar-refractivity contribution in [2.24, 2.45) is 0 Å². The van der Waals surface area contributed by atoms with Crippen LogP contribution >= 0.6 is 23.4 Å². The largest absolute Gasteiger partial charge is 0.411 e. The van der Waals surface area contributed by atoms with Crippen LogP contribution < -0.4 is 0 Å². The lowest BCUT2D eigenvalue weighted by molar-refractivity contribution is 0.112. The number of unbranched alkanes of at least 4 members (excludes halogenated alkanes) is 3. The normalized spacial score (nSPS) is 12.1. The molecule has 3 aromatic rings. The lowest BCUT2D eigenvalue weighted by atomic mass is 10.0. The number of carbonyl (C=O) groups excluding carboxylic acids is 1. The number of halogens is 2. The van der Waals surface area contributed by atoms with Gasteiger partial charge in [0, 0.05) is 21.9 Å². The molecule has 0 aliphatic rings. The van der Waals surface area contributed by atoms with Crippen LogP contribution in [-0.2, 0) is 0 Å². The molecule has 0 fully saturated rings. The van der Waals surface area contributed by atoms with Crippen molar-refractivity contribution >= 4 is 29.6 Å². The minimum atomic E-state index is -0.397. The molecule has 29 heavy (non-hydrogen) atoms. The summed E-state index contributed by atoms with van der Waals surface area (Å²) in [5.41, 5.74) is 1.85. The van der Waals surface area contributed by atoms with Gasteiger partial charge in [0.25, 0.3) is 5.22 Å². The number of rotatable bonds is 10. The third kappa shape index (κ3) is 5.67. The summed E-state index contributed by atoms with van der Waals surface area (Å²) >= 11 is 7.34. The van der Waals surface area contributed by atoms with Crippen LogP contribution in [0.1, 0.15) is 60.2 Å². The Labute approximate surface area is 178 Å². The molecule has 1 aromatic heterocycles. The second-order valence-corrected chi connectivity index (χ2v) is 8.27. The van der Waals surface area contributed by atoms with Gasteiger partial charge in [0.15, 0.2) is 0 Å². The highest BCUT2D eigenvalue weighted by Gasteiger charge is 2.22. The Morgan fingerprint density at radius 1 is 1.14 bits per heavy atom. The highest BCUT2D eigenvalue weighted by atomic mass is 35.5. The van der Waals surface area contributed by atoms with Gasteiger partial charge in [-0.25, -0.2) is 4.39 Å². The quantitative estimate of drug-likeness (QED) is 0.193. The first-order valence-corrected chi connectivity index (χ1v) is 10.9. The summed E-state index contributed by atoms with van der Waals surface area (Å²) < 4.78 is 20.4. The van der Waals surface area contributed by atoms with E-state index in [4.69, 9.17) is 16.0 Å². The topological polar surface area (TPSA) is 56.0 Å². The zero-order chi connectivity index (χ0) is 20.6.